The van der Waals surface area contributed by atoms with Gasteiger partial charge in [0.2, 0.25) is 11.8 Å². The Bertz CT molecular complexity index is 474. The van der Waals surface area contributed by atoms with Crippen molar-refractivity contribution < 1.29 is 33.8 Å². The van der Waals surface area contributed by atoms with Gasteiger partial charge >= 0.3 is 5.97 Å². The molecule has 0 bridgehead atoms. The second kappa shape index (κ2) is 16.6. The first-order chi connectivity index (χ1) is 12.9. The van der Waals surface area contributed by atoms with E-state index < -0.39 is 17.9 Å². The Labute approximate surface area is 167 Å². The Morgan fingerprint density at radius 2 is 1.70 bits per heavy atom. The molecule has 156 valence electrons. The Kier molecular flexibility index (Phi) is 15.7. The third-order valence-corrected chi connectivity index (χ3v) is 3.93. The van der Waals surface area contributed by atoms with Crippen LogP contribution >= 0.6 is 15.9 Å². The molecule has 0 unspecified atom stereocenters. The quantitative estimate of drug-likeness (QED) is 0.218. The van der Waals surface area contributed by atoms with Crippen LogP contribution in [0, 0.1) is 0 Å². The number of carboxylic acids is 1. The lowest BCUT2D eigenvalue weighted by Gasteiger charge is -2.14. The van der Waals surface area contributed by atoms with Crippen molar-refractivity contribution in [3.8, 4) is 0 Å². The number of Topliss-reactive ketones (excluding diaryl/α,β-unsaturated/α-hetero) is 1. The standard InChI is InChI=1S/C17H29BrN2O7/c1-13(21)5-4-8-26-9-10-27-12-16(23)20-14(17(24)25)6-2-3-7-19-15(22)11-18/h14H,2-12H2,1H3,(H,19,22)(H,20,23)(H,24,25)/t14-/m0/s1. The van der Waals surface area contributed by atoms with Crippen molar-refractivity contribution in [2.75, 3.05) is 38.3 Å². The van der Waals surface area contributed by atoms with Crippen molar-refractivity contribution in [3.05, 3.63) is 0 Å². The number of alkyl halides is 1. The molecule has 2 amide bonds. The van der Waals surface area contributed by atoms with E-state index in [0.717, 1.165) is 0 Å². The lowest BCUT2D eigenvalue weighted by molar-refractivity contribution is -0.142. The minimum atomic E-state index is -1.11. The summed E-state index contributed by atoms with van der Waals surface area (Å²) in [6.45, 7) is 2.69. The maximum Gasteiger partial charge on any atom is 0.326 e. The van der Waals surface area contributed by atoms with Crippen molar-refractivity contribution >= 4 is 39.5 Å². The van der Waals surface area contributed by atoms with E-state index in [1.54, 1.807) is 0 Å². The molecule has 0 heterocycles. The van der Waals surface area contributed by atoms with Crippen LogP contribution in [-0.4, -0.2) is 73.0 Å². The number of ether oxygens (including phenoxy) is 2. The fraction of sp³-hybridized carbons (Fsp3) is 0.765. The van der Waals surface area contributed by atoms with Crippen LogP contribution in [-0.2, 0) is 28.7 Å². The number of amides is 2. The third kappa shape index (κ3) is 16.4. The highest BCUT2D eigenvalue weighted by molar-refractivity contribution is 9.09. The number of hydrogen-bond donors (Lipinski definition) is 3. The number of nitrogens with one attached hydrogen (secondary N) is 2. The molecule has 10 heteroatoms. The van der Waals surface area contributed by atoms with E-state index >= 15 is 0 Å². The molecular formula is C17H29BrN2O7. The summed E-state index contributed by atoms with van der Waals surface area (Å²) in [5, 5.41) is 14.5. The SMILES string of the molecule is CC(=O)CCCOCCOCC(=O)N[C@@H](CCCCNC(=O)CBr)C(=O)O. The predicted molar refractivity (Wildman–Crippen MR) is 102 cm³/mol. The topological polar surface area (TPSA) is 131 Å². The molecule has 0 aromatic heterocycles. The van der Waals surface area contributed by atoms with Gasteiger partial charge in [0, 0.05) is 19.6 Å². The number of carboxylic acid groups (broad SMARTS) is 1. The van der Waals surface area contributed by atoms with Crippen LogP contribution in [0.15, 0.2) is 0 Å². The zero-order valence-corrected chi connectivity index (χ0v) is 17.2. The van der Waals surface area contributed by atoms with Crippen LogP contribution in [0.3, 0.4) is 0 Å². The van der Waals surface area contributed by atoms with E-state index in [9.17, 15) is 19.2 Å². The normalized spacial score (nSPS) is 11.6. The molecule has 0 aliphatic rings. The Hall–Kier alpha value is -1.52. The second-order valence-corrected chi connectivity index (χ2v) is 6.47. The molecule has 1 atom stereocenters. The molecule has 0 saturated carbocycles. The van der Waals surface area contributed by atoms with Gasteiger partial charge in [0.15, 0.2) is 0 Å². The Morgan fingerprint density at radius 3 is 2.33 bits per heavy atom. The van der Waals surface area contributed by atoms with E-state index in [1.165, 1.54) is 6.92 Å². The van der Waals surface area contributed by atoms with Gasteiger partial charge in [-0.25, -0.2) is 4.79 Å². The summed E-state index contributed by atoms with van der Waals surface area (Å²) in [6.07, 6.45) is 2.56. The number of carbonyl (C=O) groups excluding carboxylic acids is 3. The summed E-state index contributed by atoms with van der Waals surface area (Å²) in [5.74, 6) is -1.63. The lowest BCUT2D eigenvalue weighted by atomic mass is 10.1. The van der Waals surface area contributed by atoms with E-state index in [0.29, 0.717) is 45.4 Å². The van der Waals surface area contributed by atoms with Crippen molar-refractivity contribution in [2.24, 2.45) is 0 Å². The zero-order valence-electron chi connectivity index (χ0n) is 15.6. The van der Waals surface area contributed by atoms with Gasteiger partial charge in [0.1, 0.15) is 18.4 Å². The highest BCUT2D eigenvalue weighted by Gasteiger charge is 2.19. The summed E-state index contributed by atoms with van der Waals surface area (Å²) >= 11 is 3.03. The molecule has 0 saturated heterocycles. The average molecular weight is 453 g/mol. The fourth-order valence-corrected chi connectivity index (χ4v) is 2.25. The molecule has 0 aliphatic heterocycles. The molecule has 0 aliphatic carbocycles. The Morgan fingerprint density at radius 1 is 1.00 bits per heavy atom. The van der Waals surface area contributed by atoms with Crippen LogP contribution in [0.4, 0.5) is 0 Å². The van der Waals surface area contributed by atoms with Gasteiger partial charge in [0.25, 0.3) is 0 Å². The van der Waals surface area contributed by atoms with Crippen LogP contribution in [0.2, 0.25) is 0 Å². The Balaban J connectivity index is 3.78. The number of carbonyl (C=O) groups is 4. The number of ketones is 1. The maximum atomic E-state index is 11.7. The highest BCUT2D eigenvalue weighted by Crippen LogP contribution is 2.01. The van der Waals surface area contributed by atoms with E-state index in [1.807, 2.05) is 0 Å². The molecule has 0 rings (SSSR count). The smallest absolute Gasteiger partial charge is 0.326 e. The first-order valence-electron chi connectivity index (χ1n) is 8.86. The number of halogens is 1. The predicted octanol–water partition coefficient (Wildman–Crippen LogP) is 0.640. The first kappa shape index (κ1) is 25.5. The number of unbranched alkanes of at least 4 members (excludes halogenated alkanes) is 1. The fourth-order valence-electron chi connectivity index (χ4n) is 2.05. The van der Waals surface area contributed by atoms with Gasteiger partial charge in [0.05, 0.1) is 18.5 Å². The molecule has 0 fully saturated rings. The summed E-state index contributed by atoms with van der Waals surface area (Å²) in [6, 6.07) is -0.990. The third-order valence-electron chi connectivity index (χ3n) is 3.42. The molecule has 0 aromatic rings. The van der Waals surface area contributed by atoms with Crippen LogP contribution < -0.4 is 10.6 Å². The van der Waals surface area contributed by atoms with Crippen molar-refractivity contribution in [1.29, 1.82) is 0 Å². The van der Waals surface area contributed by atoms with Gasteiger partial charge in [-0.05, 0) is 32.6 Å². The minimum absolute atomic E-state index is 0.114. The maximum absolute atomic E-state index is 11.7. The van der Waals surface area contributed by atoms with Crippen LogP contribution in [0.25, 0.3) is 0 Å². The van der Waals surface area contributed by atoms with Gasteiger partial charge in [-0.2, -0.15) is 0 Å². The zero-order chi connectivity index (χ0) is 20.5. The first-order valence-corrected chi connectivity index (χ1v) is 9.98. The monoisotopic (exact) mass is 452 g/mol. The van der Waals surface area contributed by atoms with Gasteiger partial charge < -0.3 is 30.0 Å². The van der Waals surface area contributed by atoms with E-state index in [2.05, 4.69) is 26.6 Å². The van der Waals surface area contributed by atoms with Crippen molar-refractivity contribution in [2.45, 2.75) is 45.1 Å². The summed E-state index contributed by atoms with van der Waals surface area (Å²) in [4.78, 5) is 44.7. The van der Waals surface area contributed by atoms with Crippen molar-refractivity contribution in [3.63, 3.8) is 0 Å². The van der Waals surface area contributed by atoms with Crippen molar-refractivity contribution in [1.82, 2.24) is 10.6 Å². The molecule has 3 N–H and O–H groups in total. The number of hydrogen-bond acceptors (Lipinski definition) is 6. The number of aliphatic carboxylic acids is 1. The molecule has 0 aromatic carbocycles. The molecular weight excluding hydrogens is 424 g/mol. The molecule has 0 radical (unpaired) electrons. The number of rotatable bonds is 17. The van der Waals surface area contributed by atoms with Gasteiger partial charge in [-0.3, -0.25) is 9.59 Å². The van der Waals surface area contributed by atoms with E-state index in [4.69, 9.17) is 14.6 Å². The lowest BCUT2D eigenvalue weighted by Crippen LogP contribution is -2.42. The van der Waals surface area contributed by atoms with Gasteiger partial charge in [-0.1, -0.05) is 15.9 Å². The largest absolute Gasteiger partial charge is 0.480 e. The molecule has 27 heavy (non-hydrogen) atoms. The summed E-state index contributed by atoms with van der Waals surface area (Å²) < 4.78 is 10.4. The highest BCUT2D eigenvalue weighted by atomic mass is 79.9. The van der Waals surface area contributed by atoms with Crippen LogP contribution in [0.5, 0.6) is 0 Å². The summed E-state index contributed by atoms with van der Waals surface area (Å²) in [7, 11) is 0. The minimum Gasteiger partial charge on any atom is -0.480 e. The molecule has 0 spiro atoms. The summed E-state index contributed by atoms with van der Waals surface area (Å²) in [5.41, 5.74) is 0. The second-order valence-electron chi connectivity index (χ2n) is 5.91. The average Bonchev–Trinajstić information content (AvgIpc) is 2.61. The van der Waals surface area contributed by atoms with E-state index in [-0.39, 0.29) is 36.7 Å². The van der Waals surface area contributed by atoms with Crippen LogP contribution in [0.1, 0.15) is 39.0 Å². The van der Waals surface area contributed by atoms with Gasteiger partial charge in [-0.15, -0.1) is 0 Å². The molecule has 9 nitrogen and oxygen atoms in total.